The molecule has 0 amide bonds. The Bertz CT molecular complexity index is 130. The van der Waals surface area contributed by atoms with Crippen LogP contribution in [-0.2, 0) is 4.74 Å². The van der Waals surface area contributed by atoms with Crippen LogP contribution in [0.15, 0.2) is 0 Å². The molecule has 0 radical (unpaired) electrons. The molecule has 1 heteroatoms. The van der Waals surface area contributed by atoms with Gasteiger partial charge in [0.2, 0.25) is 0 Å². The van der Waals surface area contributed by atoms with Gasteiger partial charge >= 0.3 is 0 Å². The highest BCUT2D eigenvalue weighted by molar-refractivity contribution is 4.63. The van der Waals surface area contributed by atoms with Crippen LogP contribution in [0.4, 0.5) is 0 Å². The third-order valence-electron chi connectivity index (χ3n) is 2.03. The van der Waals surface area contributed by atoms with Crippen LogP contribution in [-0.4, -0.2) is 13.2 Å². The van der Waals surface area contributed by atoms with Gasteiger partial charge in [-0.05, 0) is 10.8 Å². The minimum absolute atomic E-state index is 0.297. The predicted octanol–water partition coefficient (Wildman–Crippen LogP) is 5.68. The van der Waals surface area contributed by atoms with Crippen molar-refractivity contribution in [1.82, 2.24) is 0 Å². The number of ether oxygens (including phenoxy) is 1. The van der Waals surface area contributed by atoms with E-state index in [2.05, 4.69) is 55.4 Å². The van der Waals surface area contributed by atoms with Crippen LogP contribution in [0.25, 0.3) is 0 Å². The van der Waals surface area contributed by atoms with Crippen LogP contribution in [0.1, 0.15) is 81.1 Å². The Kier molecular flexibility index (Phi) is 11.3. The fraction of sp³-hybridized carbons (Fsp3) is 1.00. The Hall–Kier alpha value is -0.0400. The lowest BCUT2D eigenvalue weighted by atomic mass is 9.97. The van der Waals surface area contributed by atoms with Crippen molar-refractivity contribution in [2.24, 2.45) is 10.8 Å². The molecule has 17 heavy (non-hydrogen) atoms. The first-order chi connectivity index (χ1) is 7.62. The van der Waals surface area contributed by atoms with Gasteiger partial charge < -0.3 is 4.74 Å². The maximum atomic E-state index is 5.56. The molecule has 0 rings (SSSR count). The monoisotopic (exact) mass is 244 g/mol. The summed E-state index contributed by atoms with van der Waals surface area (Å²) in [6.45, 7) is 19.3. The Balaban J connectivity index is 0. The van der Waals surface area contributed by atoms with Gasteiger partial charge in [-0.15, -0.1) is 0 Å². The normalized spacial score (nSPS) is 12.0. The number of hydrogen-bond acceptors (Lipinski definition) is 1. The lowest BCUT2D eigenvalue weighted by Gasteiger charge is -2.23. The third-order valence-corrected chi connectivity index (χ3v) is 2.03. The van der Waals surface area contributed by atoms with Gasteiger partial charge in [0.15, 0.2) is 0 Å². The number of hydrogen-bond donors (Lipinski definition) is 0. The van der Waals surface area contributed by atoms with Gasteiger partial charge in [-0.1, -0.05) is 81.1 Å². The molecule has 106 valence electrons. The summed E-state index contributed by atoms with van der Waals surface area (Å²) in [5.74, 6) is 0. The maximum absolute atomic E-state index is 5.56. The summed E-state index contributed by atoms with van der Waals surface area (Å²) < 4.78 is 5.56. The molecule has 0 N–H and O–H groups in total. The van der Waals surface area contributed by atoms with E-state index < -0.39 is 0 Å². The smallest absolute Gasteiger partial charge is 0.0514 e. The molecule has 1 nitrogen and oxygen atoms in total. The van der Waals surface area contributed by atoms with Crippen molar-refractivity contribution in [2.45, 2.75) is 81.1 Å². The van der Waals surface area contributed by atoms with E-state index in [-0.39, 0.29) is 0 Å². The average molecular weight is 244 g/mol. The molecule has 0 heterocycles. The van der Waals surface area contributed by atoms with Gasteiger partial charge in [-0.3, -0.25) is 0 Å². The van der Waals surface area contributed by atoms with Gasteiger partial charge in [0, 0.05) is 0 Å². The highest BCUT2D eigenvalue weighted by atomic mass is 16.5. The van der Waals surface area contributed by atoms with E-state index >= 15 is 0 Å². The Morgan fingerprint density at radius 2 is 0.941 bits per heavy atom. The molecule has 0 aromatic rings. The second-order valence-electron chi connectivity index (χ2n) is 7.32. The van der Waals surface area contributed by atoms with E-state index in [1.54, 1.807) is 0 Å². The zero-order valence-electron chi connectivity index (χ0n) is 13.7. The molecule has 0 aromatic heterocycles. The average Bonchev–Trinajstić information content (AvgIpc) is 2.11. The van der Waals surface area contributed by atoms with Crippen molar-refractivity contribution in [2.75, 3.05) is 13.2 Å². The molecule has 0 atom stereocenters. The van der Waals surface area contributed by atoms with Gasteiger partial charge in [0.1, 0.15) is 0 Å². The summed E-state index contributed by atoms with van der Waals surface area (Å²) in [7, 11) is 0. The molecule has 0 unspecified atom stereocenters. The van der Waals surface area contributed by atoms with Crippen LogP contribution < -0.4 is 0 Å². The molecule has 0 spiro atoms. The lowest BCUT2D eigenvalue weighted by Crippen LogP contribution is -2.21. The zero-order valence-corrected chi connectivity index (χ0v) is 13.7. The van der Waals surface area contributed by atoms with Crippen LogP contribution in [0, 0.1) is 10.8 Å². The van der Waals surface area contributed by atoms with Crippen molar-refractivity contribution < 1.29 is 4.74 Å². The molecular formula is C16H36O. The molecule has 0 aliphatic heterocycles. The Morgan fingerprint density at radius 1 is 0.647 bits per heavy atom. The quantitative estimate of drug-likeness (QED) is 0.565. The number of rotatable bonds is 5. The van der Waals surface area contributed by atoms with E-state index in [1.165, 1.54) is 25.7 Å². The summed E-state index contributed by atoms with van der Waals surface area (Å²) in [6, 6.07) is 0. The fourth-order valence-corrected chi connectivity index (χ4v) is 1.16. The second kappa shape index (κ2) is 9.94. The SMILES string of the molecule is CC(C)(C)COCC(C)(C)C.CCCCCC. The summed E-state index contributed by atoms with van der Waals surface area (Å²) in [5.41, 5.74) is 0.594. The summed E-state index contributed by atoms with van der Waals surface area (Å²) in [6.07, 6.45) is 5.54. The van der Waals surface area contributed by atoms with Crippen molar-refractivity contribution in [3.05, 3.63) is 0 Å². The van der Waals surface area contributed by atoms with E-state index in [0.717, 1.165) is 13.2 Å². The predicted molar refractivity (Wildman–Crippen MR) is 79.5 cm³/mol. The minimum Gasteiger partial charge on any atom is -0.380 e. The van der Waals surface area contributed by atoms with Crippen LogP contribution in [0.2, 0.25) is 0 Å². The molecule has 0 saturated heterocycles. The first kappa shape index (κ1) is 19.3. The molecule has 0 saturated carbocycles. The molecule has 0 bridgehead atoms. The maximum Gasteiger partial charge on any atom is 0.0514 e. The molecule has 0 fully saturated rings. The van der Waals surface area contributed by atoms with E-state index in [4.69, 9.17) is 4.74 Å². The third kappa shape index (κ3) is 25.9. The van der Waals surface area contributed by atoms with Crippen molar-refractivity contribution in [3.8, 4) is 0 Å². The highest BCUT2D eigenvalue weighted by Gasteiger charge is 2.14. The Labute approximate surface area is 110 Å². The first-order valence-electron chi connectivity index (χ1n) is 7.20. The Morgan fingerprint density at radius 3 is 1.12 bits per heavy atom. The van der Waals surface area contributed by atoms with Crippen molar-refractivity contribution in [1.29, 1.82) is 0 Å². The first-order valence-corrected chi connectivity index (χ1v) is 7.20. The van der Waals surface area contributed by atoms with Gasteiger partial charge in [0.05, 0.1) is 13.2 Å². The van der Waals surface area contributed by atoms with Gasteiger partial charge in [-0.25, -0.2) is 0 Å². The van der Waals surface area contributed by atoms with Crippen LogP contribution >= 0.6 is 0 Å². The fourth-order valence-electron chi connectivity index (χ4n) is 1.16. The summed E-state index contributed by atoms with van der Waals surface area (Å²) in [4.78, 5) is 0. The van der Waals surface area contributed by atoms with E-state index in [0.29, 0.717) is 10.8 Å². The van der Waals surface area contributed by atoms with Gasteiger partial charge in [-0.2, -0.15) is 0 Å². The van der Waals surface area contributed by atoms with E-state index in [9.17, 15) is 0 Å². The summed E-state index contributed by atoms with van der Waals surface area (Å²) >= 11 is 0. The molecule has 0 aliphatic carbocycles. The van der Waals surface area contributed by atoms with Crippen molar-refractivity contribution >= 4 is 0 Å². The topological polar surface area (TPSA) is 9.23 Å². The van der Waals surface area contributed by atoms with Crippen molar-refractivity contribution in [3.63, 3.8) is 0 Å². The van der Waals surface area contributed by atoms with Crippen LogP contribution in [0.3, 0.4) is 0 Å². The van der Waals surface area contributed by atoms with Gasteiger partial charge in [0.25, 0.3) is 0 Å². The molecular weight excluding hydrogens is 208 g/mol. The van der Waals surface area contributed by atoms with E-state index in [1.807, 2.05) is 0 Å². The van der Waals surface area contributed by atoms with Crippen LogP contribution in [0.5, 0.6) is 0 Å². The second-order valence-corrected chi connectivity index (χ2v) is 7.32. The lowest BCUT2D eigenvalue weighted by molar-refractivity contribution is 0.0275. The highest BCUT2D eigenvalue weighted by Crippen LogP contribution is 2.17. The summed E-state index contributed by atoms with van der Waals surface area (Å²) in [5, 5.41) is 0. The number of unbranched alkanes of at least 4 members (excludes halogenated alkanes) is 3. The largest absolute Gasteiger partial charge is 0.380 e. The minimum atomic E-state index is 0.297. The zero-order chi connectivity index (χ0) is 13.9. The molecule has 0 aliphatic rings. The molecule has 0 aromatic carbocycles. The standard InChI is InChI=1S/C10H22O.C6H14/c1-9(2,3)7-11-8-10(4,5)6;1-3-5-6-4-2/h7-8H2,1-6H3;3-6H2,1-2H3.